The van der Waals surface area contributed by atoms with E-state index in [4.69, 9.17) is 4.74 Å². The number of phenols is 1. The lowest BCUT2D eigenvalue weighted by atomic mass is 9.92. The maximum atomic E-state index is 10.3. The summed E-state index contributed by atoms with van der Waals surface area (Å²) in [6.07, 6.45) is 3.66. The highest BCUT2D eigenvalue weighted by molar-refractivity contribution is 5.58. The van der Waals surface area contributed by atoms with Crippen molar-refractivity contribution in [2.24, 2.45) is 0 Å². The lowest BCUT2D eigenvalue weighted by molar-refractivity contribution is 0.309. The van der Waals surface area contributed by atoms with E-state index in [1.54, 1.807) is 0 Å². The van der Waals surface area contributed by atoms with Gasteiger partial charge in [0.1, 0.15) is 11.5 Å². The predicted octanol–water partition coefficient (Wildman–Crippen LogP) is 4.18. The van der Waals surface area contributed by atoms with Crippen molar-refractivity contribution in [1.29, 1.82) is 0 Å². The third-order valence-electron chi connectivity index (χ3n) is 3.52. The van der Waals surface area contributed by atoms with Crippen LogP contribution < -0.4 is 4.74 Å². The summed E-state index contributed by atoms with van der Waals surface area (Å²) in [5, 5.41) is 10.3. The first kappa shape index (κ1) is 14.9. The summed E-state index contributed by atoms with van der Waals surface area (Å²) in [4.78, 5) is 0. The second kappa shape index (κ2) is 6.67. The van der Waals surface area contributed by atoms with Crippen LogP contribution in [0.4, 0.5) is 0 Å². The highest BCUT2D eigenvalue weighted by atomic mass is 16.5. The molecule has 0 saturated carbocycles. The first-order valence-corrected chi connectivity index (χ1v) is 7.11. The van der Waals surface area contributed by atoms with Gasteiger partial charge in [-0.2, -0.15) is 0 Å². The standard InChI is InChI=1S/C16H26O2/c1-6-10-18-16-12(7-2)11(5)15(17)13(8-3)14(16)9-4/h17H,6-10H2,1-5H3. The lowest BCUT2D eigenvalue weighted by Crippen LogP contribution is -2.07. The van der Waals surface area contributed by atoms with Crippen molar-refractivity contribution < 1.29 is 9.84 Å². The van der Waals surface area contributed by atoms with E-state index in [-0.39, 0.29) is 0 Å². The van der Waals surface area contributed by atoms with Gasteiger partial charge in [-0.25, -0.2) is 0 Å². The van der Waals surface area contributed by atoms with Gasteiger partial charge in [0.15, 0.2) is 0 Å². The highest BCUT2D eigenvalue weighted by Gasteiger charge is 2.19. The van der Waals surface area contributed by atoms with E-state index in [0.717, 1.165) is 54.7 Å². The van der Waals surface area contributed by atoms with E-state index in [2.05, 4.69) is 27.7 Å². The molecule has 1 rings (SSSR count). The summed E-state index contributed by atoms with van der Waals surface area (Å²) in [6.45, 7) is 11.2. The molecular weight excluding hydrogens is 224 g/mol. The number of aromatic hydroxyl groups is 1. The summed E-state index contributed by atoms with van der Waals surface area (Å²) >= 11 is 0. The minimum Gasteiger partial charge on any atom is -0.507 e. The van der Waals surface area contributed by atoms with Crippen LogP contribution in [0.3, 0.4) is 0 Å². The molecule has 18 heavy (non-hydrogen) atoms. The molecule has 2 heteroatoms. The fourth-order valence-corrected chi connectivity index (χ4v) is 2.56. The van der Waals surface area contributed by atoms with Crippen molar-refractivity contribution in [2.75, 3.05) is 6.61 Å². The van der Waals surface area contributed by atoms with Gasteiger partial charge in [-0.1, -0.05) is 27.7 Å². The Morgan fingerprint density at radius 1 is 0.889 bits per heavy atom. The van der Waals surface area contributed by atoms with E-state index in [9.17, 15) is 5.11 Å². The van der Waals surface area contributed by atoms with Gasteiger partial charge in [-0.3, -0.25) is 0 Å². The van der Waals surface area contributed by atoms with Crippen LogP contribution in [0.15, 0.2) is 0 Å². The Kier molecular flexibility index (Phi) is 5.52. The first-order valence-electron chi connectivity index (χ1n) is 7.11. The third-order valence-corrected chi connectivity index (χ3v) is 3.52. The Labute approximate surface area is 111 Å². The maximum absolute atomic E-state index is 10.3. The van der Waals surface area contributed by atoms with Crippen LogP contribution in [0.2, 0.25) is 0 Å². The molecule has 1 N–H and O–H groups in total. The second-order valence-corrected chi connectivity index (χ2v) is 4.65. The lowest BCUT2D eigenvalue weighted by Gasteiger charge is -2.21. The molecule has 2 nitrogen and oxygen atoms in total. The summed E-state index contributed by atoms with van der Waals surface area (Å²) in [6, 6.07) is 0. The van der Waals surface area contributed by atoms with E-state index >= 15 is 0 Å². The maximum Gasteiger partial charge on any atom is 0.126 e. The van der Waals surface area contributed by atoms with Gasteiger partial charge in [0.25, 0.3) is 0 Å². The van der Waals surface area contributed by atoms with Gasteiger partial charge in [-0.05, 0) is 38.2 Å². The molecule has 1 aromatic rings. The third kappa shape index (κ3) is 2.63. The van der Waals surface area contributed by atoms with Crippen molar-refractivity contribution in [3.05, 3.63) is 22.3 Å². The van der Waals surface area contributed by atoms with Gasteiger partial charge in [0.05, 0.1) is 6.61 Å². The largest absolute Gasteiger partial charge is 0.507 e. The number of hydrogen-bond acceptors (Lipinski definition) is 2. The van der Waals surface area contributed by atoms with E-state index in [1.807, 2.05) is 6.92 Å². The van der Waals surface area contributed by atoms with Crippen LogP contribution in [-0.2, 0) is 19.3 Å². The molecule has 0 aromatic heterocycles. The summed E-state index contributed by atoms with van der Waals surface area (Å²) in [7, 11) is 0. The topological polar surface area (TPSA) is 29.5 Å². The Morgan fingerprint density at radius 2 is 1.44 bits per heavy atom. The van der Waals surface area contributed by atoms with Crippen molar-refractivity contribution in [1.82, 2.24) is 0 Å². The molecular formula is C16H26O2. The van der Waals surface area contributed by atoms with Crippen molar-refractivity contribution >= 4 is 0 Å². The van der Waals surface area contributed by atoms with Crippen molar-refractivity contribution in [2.45, 2.75) is 60.3 Å². The van der Waals surface area contributed by atoms with Gasteiger partial charge in [-0.15, -0.1) is 0 Å². The molecule has 0 fully saturated rings. The molecule has 102 valence electrons. The zero-order valence-electron chi connectivity index (χ0n) is 12.4. The number of benzene rings is 1. The Morgan fingerprint density at radius 3 is 1.89 bits per heavy atom. The Bertz CT molecular complexity index is 408. The van der Waals surface area contributed by atoms with Crippen LogP contribution in [0.25, 0.3) is 0 Å². The number of phenolic OH excluding ortho intramolecular Hbond substituents is 1. The molecule has 0 aliphatic carbocycles. The first-order chi connectivity index (χ1) is 8.62. The molecule has 0 aliphatic rings. The molecule has 0 radical (unpaired) electrons. The molecule has 1 aromatic carbocycles. The van der Waals surface area contributed by atoms with Crippen LogP contribution in [-0.4, -0.2) is 11.7 Å². The predicted molar refractivity (Wildman–Crippen MR) is 76.8 cm³/mol. The molecule has 0 unspecified atom stereocenters. The van der Waals surface area contributed by atoms with E-state index in [1.165, 1.54) is 5.56 Å². The average molecular weight is 250 g/mol. The van der Waals surface area contributed by atoms with Crippen LogP contribution in [0.1, 0.15) is 56.4 Å². The zero-order chi connectivity index (χ0) is 13.7. The normalized spacial score (nSPS) is 10.7. The SMILES string of the molecule is CCCOc1c(CC)c(C)c(O)c(CC)c1CC. The second-order valence-electron chi connectivity index (χ2n) is 4.65. The molecule has 0 saturated heterocycles. The van der Waals surface area contributed by atoms with Gasteiger partial charge < -0.3 is 9.84 Å². The molecule has 0 aliphatic heterocycles. The van der Waals surface area contributed by atoms with Crippen LogP contribution in [0.5, 0.6) is 11.5 Å². The van der Waals surface area contributed by atoms with Gasteiger partial charge in [0, 0.05) is 16.7 Å². The quantitative estimate of drug-likeness (QED) is 0.820. The molecule has 0 spiro atoms. The minimum absolute atomic E-state index is 0.468. The average Bonchev–Trinajstić information content (AvgIpc) is 2.39. The zero-order valence-corrected chi connectivity index (χ0v) is 12.4. The Hall–Kier alpha value is -1.18. The van der Waals surface area contributed by atoms with Crippen LogP contribution in [0, 0.1) is 6.92 Å². The molecule has 0 heterocycles. The minimum atomic E-state index is 0.468. The number of ether oxygens (including phenoxy) is 1. The number of rotatable bonds is 6. The highest BCUT2D eigenvalue weighted by Crippen LogP contribution is 2.39. The van der Waals surface area contributed by atoms with Crippen molar-refractivity contribution in [3.8, 4) is 11.5 Å². The van der Waals surface area contributed by atoms with Gasteiger partial charge in [0.2, 0.25) is 0 Å². The number of hydrogen-bond donors (Lipinski definition) is 1. The summed E-state index contributed by atoms with van der Waals surface area (Å²) in [5.74, 6) is 1.49. The molecule has 0 amide bonds. The fraction of sp³-hybridized carbons (Fsp3) is 0.625. The van der Waals surface area contributed by atoms with E-state index < -0.39 is 0 Å². The molecule has 0 atom stereocenters. The van der Waals surface area contributed by atoms with Gasteiger partial charge >= 0.3 is 0 Å². The van der Waals surface area contributed by atoms with E-state index in [0.29, 0.717) is 5.75 Å². The summed E-state index contributed by atoms with van der Waals surface area (Å²) < 4.78 is 5.97. The molecule has 0 bridgehead atoms. The summed E-state index contributed by atoms with van der Waals surface area (Å²) in [5.41, 5.74) is 4.39. The fourth-order valence-electron chi connectivity index (χ4n) is 2.56. The monoisotopic (exact) mass is 250 g/mol. The smallest absolute Gasteiger partial charge is 0.126 e. The Balaban J connectivity index is 3.46. The van der Waals surface area contributed by atoms with Crippen molar-refractivity contribution in [3.63, 3.8) is 0 Å². The van der Waals surface area contributed by atoms with Crippen LogP contribution >= 0.6 is 0 Å².